The molecule has 0 radical (unpaired) electrons. The average Bonchev–Trinajstić information content (AvgIpc) is 2.62. The summed E-state index contributed by atoms with van der Waals surface area (Å²) in [6.45, 7) is 3.00. The van der Waals surface area contributed by atoms with Crippen molar-refractivity contribution in [1.82, 2.24) is 4.90 Å². The van der Waals surface area contributed by atoms with Crippen LogP contribution in [-0.4, -0.2) is 43.5 Å². The summed E-state index contributed by atoms with van der Waals surface area (Å²) >= 11 is 6.02. The topological polar surface area (TPSA) is 35.6 Å². The molecule has 0 aliphatic carbocycles. The molecule has 27 heavy (non-hydrogen) atoms. The molecule has 1 N–H and O–H groups in total. The van der Waals surface area contributed by atoms with E-state index in [1.807, 2.05) is 29.2 Å². The number of alkyl halides is 3. The molecule has 0 atom stereocenters. The lowest BCUT2D eigenvalue weighted by molar-refractivity contribution is -0.137. The van der Waals surface area contributed by atoms with E-state index in [9.17, 15) is 18.0 Å². The molecule has 144 valence electrons. The van der Waals surface area contributed by atoms with Gasteiger partial charge in [-0.05, 0) is 36.4 Å². The molecule has 0 spiro atoms. The lowest BCUT2D eigenvalue weighted by atomic mass is 10.2. The Balaban J connectivity index is 1.51. The number of nitrogens with zero attached hydrogens (tertiary/aromatic N) is 2. The predicted molar refractivity (Wildman–Crippen MR) is 100 cm³/mol. The quantitative estimate of drug-likeness (QED) is 0.843. The van der Waals surface area contributed by atoms with Crippen molar-refractivity contribution in [2.75, 3.05) is 42.9 Å². The van der Waals surface area contributed by atoms with Gasteiger partial charge in [0, 0.05) is 42.6 Å². The number of nitrogens with one attached hydrogen (secondary N) is 1. The molecule has 1 amide bonds. The highest BCUT2D eigenvalue weighted by atomic mass is 35.5. The first kappa shape index (κ1) is 19.5. The van der Waals surface area contributed by atoms with Crippen molar-refractivity contribution < 1.29 is 18.0 Å². The highest BCUT2D eigenvalue weighted by Crippen LogP contribution is 2.30. The van der Waals surface area contributed by atoms with Crippen LogP contribution < -0.4 is 10.2 Å². The molecule has 4 nitrogen and oxygen atoms in total. The van der Waals surface area contributed by atoms with Crippen LogP contribution in [0.4, 0.5) is 24.5 Å². The molecule has 0 unspecified atom stereocenters. The Labute approximate surface area is 160 Å². The van der Waals surface area contributed by atoms with Gasteiger partial charge in [-0.1, -0.05) is 23.7 Å². The molecular weight excluding hydrogens is 379 g/mol. The number of amides is 1. The first-order valence-electron chi connectivity index (χ1n) is 8.51. The van der Waals surface area contributed by atoms with E-state index in [0.717, 1.165) is 30.9 Å². The molecule has 3 rings (SSSR count). The second-order valence-corrected chi connectivity index (χ2v) is 6.81. The number of benzene rings is 2. The zero-order valence-electron chi connectivity index (χ0n) is 14.5. The standard InChI is InChI=1S/C19H19ClF3N3O/c20-15-4-2-6-17(12-15)26-9-7-25(8-10-26)13-18(27)24-16-5-1-3-14(11-16)19(21,22)23/h1-6,11-12H,7-10,13H2,(H,24,27). The number of rotatable bonds is 4. The zero-order valence-corrected chi connectivity index (χ0v) is 15.2. The number of carbonyl (C=O) groups excluding carboxylic acids is 1. The summed E-state index contributed by atoms with van der Waals surface area (Å²) in [5.74, 6) is -0.328. The number of carbonyl (C=O) groups is 1. The SMILES string of the molecule is O=C(CN1CCN(c2cccc(Cl)c2)CC1)Nc1cccc(C(F)(F)F)c1. The molecule has 0 bridgehead atoms. The second-order valence-electron chi connectivity index (χ2n) is 6.37. The number of hydrogen-bond acceptors (Lipinski definition) is 3. The van der Waals surface area contributed by atoms with Crippen LogP contribution >= 0.6 is 11.6 Å². The van der Waals surface area contributed by atoms with Gasteiger partial charge in [0.05, 0.1) is 12.1 Å². The lowest BCUT2D eigenvalue weighted by Crippen LogP contribution is -2.48. The van der Waals surface area contributed by atoms with Gasteiger partial charge in [-0.25, -0.2) is 0 Å². The van der Waals surface area contributed by atoms with E-state index < -0.39 is 11.7 Å². The molecule has 8 heteroatoms. The van der Waals surface area contributed by atoms with Gasteiger partial charge in [0.2, 0.25) is 5.91 Å². The minimum Gasteiger partial charge on any atom is -0.369 e. The first-order chi connectivity index (χ1) is 12.8. The molecule has 1 heterocycles. The average molecular weight is 398 g/mol. The summed E-state index contributed by atoms with van der Waals surface area (Å²) in [6.07, 6.45) is -4.43. The molecule has 0 saturated carbocycles. The molecule has 1 saturated heterocycles. The normalized spacial score (nSPS) is 15.6. The maximum absolute atomic E-state index is 12.7. The molecular formula is C19H19ClF3N3O. The van der Waals surface area contributed by atoms with Gasteiger partial charge in [-0.15, -0.1) is 0 Å². The van der Waals surface area contributed by atoms with Crippen LogP contribution in [-0.2, 0) is 11.0 Å². The third kappa shape index (κ3) is 5.37. The van der Waals surface area contributed by atoms with Crippen LogP contribution in [0.2, 0.25) is 5.02 Å². The van der Waals surface area contributed by atoms with Gasteiger partial charge in [0.1, 0.15) is 0 Å². The number of hydrogen-bond donors (Lipinski definition) is 1. The van der Waals surface area contributed by atoms with Crippen molar-refractivity contribution in [3.05, 3.63) is 59.1 Å². The number of piperazine rings is 1. The largest absolute Gasteiger partial charge is 0.416 e. The highest BCUT2D eigenvalue weighted by Gasteiger charge is 2.30. The van der Waals surface area contributed by atoms with Crippen LogP contribution in [0.1, 0.15) is 5.56 Å². The van der Waals surface area contributed by atoms with Crippen molar-refractivity contribution in [3.8, 4) is 0 Å². The van der Waals surface area contributed by atoms with E-state index in [1.54, 1.807) is 0 Å². The summed E-state index contributed by atoms with van der Waals surface area (Å²) in [5.41, 5.74) is 0.401. The first-order valence-corrected chi connectivity index (χ1v) is 8.89. The Kier molecular flexibility index (Phi) is 5.92. The Morgan fingerprint density at radius 2 is 1.74 bits per heavy atom. The third-order valence-corrected chi connectivity index (χ3v) is 4.62. The van der Waals surface area contributed by atoms with Crippen LogP contribution in [0.25, 0.3) is 0 Å². The van der Waals surface area contributed by atoms with E-state index in [4.69, 9.17) is 11.6 Å². The summed E-state index contributed by atoms with van der Waals surface area (Å²) in [7, 11) is 0. The maximum atomic E-state index is 12.7. The molecule has 2 aromatic carbocycles. The zero-order chi connectivity index (χ0) is 19.4. The van der Waals surface area contributed by atoms with Crippen molar-refractivity contribution >= 4 is 28.9 Å². The van der Waals surface area contributed by atoms with Crippen LogP contribution in [0.5, 0.6) is 0 Å². The molecule has 1 aliphatic rings. The van der Waals surface area contributed by atoms with Crippen molar-refractivity contribution in [2.24, 2.45) is 0 Å². The van der Waals surface area contributed by atoms with Crippen molar-refractivity contribution in [2.45, 2.75) is 6.18 Å². The summed E-state index contributed by atoms with van der Waals surface area (Å²) < 4.78 is 38.2. The Morgan fingerprint density at radius 1 is 1.04 bits per heavy atom. The van der Waals surface area contributed by atoms with Crippen LogP contribution in [0.3, 0.4) is 0 Å². The Bertz CT molecular complexity index is 805. The minimum atomic E-state index is -4.43. The van der Waals surface area contributed by atoms with Gasteiger partial charge < -0.3 is 10.2 Å². The van der Waals surface area contributed by atoms with E-state index in [1.165, 1.54) is 12.1 Å². The second kappa shape index (κ2) is 8.19. The Hall–Kier alpha value is -2.25. The van der Waals surface area contributed by atoms with Gasteiger partial charge in [-0.2, -0.15) is 13.2 Å². The van der Waals surface area contributed by atoms with Gasteiger partial charge in [0.25, 0.3) is 0 Å². The molecule has 1 fully saturated rings. The molecule has 0 aromatic heterocycles. The fraction of sp³-hybridized carbons (Fsp3) is 0.316. The maximum Gasteiger partial charge on any atom is 0.416 e. The van der Waals surface area contributed by atoms with Crippen molar-refractivity contribution in [3.63, 3.8) is 0 Å². The lowest BCUT2D eigenvalue weighted by Gasteiger charge is -2.35. The number of halogens is 4. The fourth-order valence-electron chi connectivity index (χ4n) is 3.01. The van der Waals surface area contributed by atoms with Gasteiger partial charge >= 0.3 is 6.18 Å². The van der Waals surface area contributed by atoms with E-state index >= 15 is 0 Å². The highest BCUT2D eigenvalue weighted by molar-refractivity contribution is 6.30. The molecule has 2 aromatic rings. The van der Waals surface area contributed by atoms with E-state index in [2.05, 4.69) is 10.2 Å². The monoisotopic (exact) mass is 397 g/mol. The van der Waals surface area contributed by atoms with Crippen LogP contribution in [0.15, 0.2) is 48.5 Å². The van der Waals surface area contributed by atoms with Crippen molar-refractivity contribution in [1.29, 1.82) is 0 Å². The summed E-state index contributed by atoms with van der Waals surface area (Å²) in [6, 6.07) is 12.2. The minimum absolute atomic E-state index is 0.139. The summed E-state index contributed by atoms with van der Waals surface area (Å²) in [5, 5.41) is 3.22. The summed E-state index contributed by atoms with van der Waals surface area (Å²) in [4.78, 5) is 16.3. The smallest absolute Gasteiger partial charge is 0.369 e. The van der Waals surface area contributed by atoms with Gasteiger partial charge in [0.15, 0.2) is 0 Å². The number of anilines is 2. The molecule has 1 aliphatic heterocycles. The van der Waals surface area contributed by atoms with E-state index in [-0.39, 0.29) is 18.1 Å². The fourth-order valence-corrected chi connectivity index (χ4v) is 3.20. The van der Waals surface area contributed by atoms with Gasteiger partial charge in [-0.3, -0.25) is 9.69 Å². The predicted octanol–water partition coefficient (Wildman–Crippen LogP) is 4.12. The Morgan fingerprint density at radius 3 is 2.41 bits per heavy atom. The third-order valence-electron chi connectivity index (χ3n) is 4.39. The van der Waals surface area contributed by atoms with E-state index in [0.29, 0.717) is 18.1 Å². The van der Waals surface area contributed by atoms with Crippen LogP contribution in [0, 0.1) is 0 Å².